The summed E-state index contributed by atoms with van der Waals surface area (Å²) in [5, 5.41) is 3.87. The molecule has 1 aliphatic carbocycles. The molecule has 1 aliphatic heterocycles. The number of nitrogens with one attached hydrogen (secondary N) is 1. The Morgan fingerprint density at radius 2 is 1.81 bits per heavy atom. The maximum Gasteiger partial charge on any atom is 0.148 e. The number of sulfone groups is 1. The number of nitrogens with zero attached hydrogens (tertiary/aromatic N) is 1. The Morgan fingerprint density at radius 3 is 2.29 bits per heavy atom. The Labute approximate surface area is 130 Å². The van der Waals surface area contributed by atoms with E-state index in [0.29, 0.717) is 29.8 Å². The summed E-state index contributed by atoms with van der Waals surface area (Å²) in [5.41, 5.74) is 0.479. The van der Waals surface area contributed by atoms with E-state index in [1.54, 1.807) is 0 Å². The average molecular weight is 317 g/mol. The van der Waals surface area contributed by atoms with E-state index in [9.17, 15) is 8.42 Å². The predicted molar refractivity (Wildman–Crippen MR) is 88.3 cm³/mol. The van der Waals surface area contributed by atoms with Crippen LogP contribution in [-0.4, -0.2) is 57.0 Å². The van der Waals surface area contributed by atoms with Crippen molar-refractivity contribution in [2.24, 2.45) is 11.3 Å². The molecule has 0 radical (unpaired) electrons. The van der Waals surface area contributed by atoms with Crippen LogP contribution < -0.4 is 5.32 Å². The van der Waals surface area contributed by atoms with Crippen molar-refractivity contribution in [1.82, 2.24) is 10.2 Å². The predicted octanol–water partition coefficient (Wildman–Crippen LogP) is 1.91. The third kappa shape index (κ3) is 5.53. The summed E-state index contributed by atoms with van der Waals surface area (Å²) in [4.78, 5) is 2.29. The topological polar surface area (TPSA) is 49.4 Å². The van der Waals surface area contributed by atoms with Crippen molar-refractivity contribution >= 4 is 9.84 Å². The fraction of sp³-hybridized carbons (Fsp3) is 1.00. The molecule has 0 amide bonds. The van der Waals surface area contributed by atoms with E-state index in [4.69, 9.17) is 0 Å². The van der Waals surface area contributed by atoms with Crippen molar-refractivity contribution in [3.8, 4) is 0 Å². The van der Waals surface area contributed by atoms with Gasteiger partial charge in [-0.05, 0) is 50.1 Å². The molecule has 2 rings (SSSR count). The molecule has 2 atom stereocenters. The van der Waals surface area contributed by atoms with E-state index in [-0.39, 0.29) is 0 Å². The van der Waals surface area contributed by atoms with Crippen LogP contribution in [0.5, 0.6) is 0 Å². The summed E-state index contributed by atoms with van der Waals surface area (Å²) >= 11 is 0. The zero-order valence-electron chi connectivity index (χ0n) is 14.1. The summed E-state index contributed by atoms with van der Waals surface area (Å²) in [7, 11) is -2.83. The quantitative estimate of drug-likeness (QED) is 0.842. The second kappa shape index (κ2) is 6.55. The lowest BCUT2D eigenvalue weighted by atomic mass is 9.91. The van der Waals surface area contributed by atoms with Gasteiger partial charge in [0, 0.05) is 24.9 Å². The van der Waals surface area contributed by atoms with E-state index in [2.05, 4.69) is 31.0 Å². The maximum absolute atomic E-state index is 11.2. The lowest BCUT2D eigenvalue weighted by Gasteiger charge is -2.34. The summed E-state index contributed by atoms with van der Waals surface area (Å²) in [5.74, 6) is 1.06. The zero-order valence-corrected chi connectivity index (χ0v) is 14.9. The normalized spacial score (nSPS) is 31.6. The number of hydrogen-bond donors (Lipinski definition) is 1. The lowest BCUT2D eigenvalue weighted by Crippen LogP contribution is -2.47. The Balaban J connectivity index is 1.72. The fourth-order valence-electron chi connectivity index (χ4n) is 4.04. The highest BCUT2D eigenvalue weighted by Gasteiger charge is 2.37. The van der Waals surface area contributed by atoms with Crippen LogP contribution in [0, 0.1) is 11.3 Å². The van der Waals surface area contributed by atoms with Crippen LogP contribution in [0.3, 0.4) is 0 Å². The SMILES string of the molecule is C[C@@H]1CC(C)(C)C[C@H]1NC1CCN(CCS(C)(=O)=O)CC1. The number of rotatable bonds is 5. The summed E-state index contributed by atoms with van der Waals surface area (Å²) in [6.07, 6.45) is 6.21. The summed E-state index contributed by atoms with van der Waals surface area (Å²) in [6, 6.07) is 1.27. The zero-order chi connectivity index (χ0) is 15.7. The van der Waals surface area contributed by atoms with Crippen LogP contribution in [-0.2, 0) is 9.84 Å². The van der Waals surface area contributed by atoms with Crippen LogP contribution in [0.2, 0.25) is 0 Å². The number of piperidine rings is 1. The number of likely N-dealkylation sites (tertiary alicyclic amines) is 1. The van der Waals surface area contributed by atoms with Gasteiger partial charge in [0.05, 0.1) is 5.75 Å². The van der Waals surface area contributed by atoms with Gasteiger partial charge in [-0.1, -0.05) is 20.8 Å². The molecule has 1 N–H and O–H groups in total. The van der Waals surface area contributed by atoms with Gasteiger partial charge in [-0.15, -0.1) is 0 Å². The molecule has 2 fully saturated rings. The molecule has 21 heavy (non-hydrogen) atoms. The Bertz CT molecular complexity index is 439. The highest BCUT2D eigenvalue weighted by Crippen LogP contribution is 2.41. The van der Waals surface area contributed by atoms with Gasteiger partial charge in [0.2, 0.25) is 0 Å². The van der Waals surface area contributed by atoms with Crippen LogP contribution in [0.25, 0.3) is 0 Å². The first-order valence-corrected chi connectivity index (χ1v) is 10.4. The van der Waals surface area contributed by atoms with Crippen molar-refractivity contribution < 1.29 is 8.42 Å². The molecule has 0 aromatic heterocycles. The summed E-state index contributed by atoms with van der Waals surface area (Å²) in [6.45, 7) is 9.86. The van der Waals surface area contributed by atoms with Crippen LogP contribution >= 0.6 is 0 Å². The Morgan fingerprint density at radius 1 is 1.19 bits per heavy atom. The van der Waals surface area contributed by atoms with Gasteiger partial charge in [-0.2, -0.15) is 0 Å². The third-order valence-corrected chi connectivity index (χ3v) is 6.07. The van der Waals surface area contributed by atoms with Crippen molar-refractivity contribution in [2.45, 2.75) is 58.5 Å². The smallest absolute Gasteiger partial charge is 0.148 e. The molecule has 4 nitrogen and oxygen atoms in total. The molecule has 124 valence electrons. The van der Waals surface area contributed by atoms with E-state index < -0.39 is 9.84 Å². The maximum atomic E-state index is 11.2. The van der Waals surface area contributed by atoms with Crippen molar-refractivity contribution in [3.63, 3.8) is 0 Å². The van der Waals surface area contributed by atoms with Gasteiger partial charge >= 0.3 is 0 Å². The van der Waals surface area contributed by atoms with Gasteiger partial charge < -0.3 is 10.2 Å². The van der Waals surface area contributed by atoms with E-state index in [0.717, 1.165) is 31.8 Å². The van der Waals surface area contributed by atoms with Crippen LogP contribution in [0.15, 0.2) is 0 Å². The molecule has 0 spiro atoms. The molecule has 2 aliphatic rings. The molecule has 5 heteroatoms. The summed E-state index contributed by atoms with van der Waals surface area (Å²) < 4.78 is 22.5. The standard InChI is InChI=1S/C16H32N2O2S/c1-13-11-16(2,3)12-15(13)17-14-5-7-18(8-6-14)9-10-21(4,19)20/h13-15,17H,5-12H2,1-4H3/t13-,15-/m1/s1. The second-order valence-electron chi connectivity index (χ2n) is 8.07. The molecule has 1 saturated carbocycles. The van der Waals surface area contributed by atoms with Gasteiger partial charge in [0.15, 0.2) is 0 Å². The monoisotopic (exact) mass is 316 g/mol. The highest BCUT2D eigenvalue weighted by atomic mass is 32.2. The minimum absolute atomic E-state index is 0.291. The first kappa shape index (κ1) is 17.2. The molecule has 0 unspecified atom stereocenters. The lowest BCUT2D eigenvalue weighted by molar-refractivity contribution is 0.193. The third-order valence-electron chi connectivity index (χ3n) is 5.15. The Hall–Kier alpha value is -0.130. The first-order valence-electron chi connectivity index (χ1n) is 8.31. The van der Waals surface area contributed by atoms with Gasteiger partial charge in [0.25, 0.3) is 0 Å². The van der Waals surface area contributed by atoms with E-state index in [1.807, 2.05) is 0 Å². The molecule has 0 bridgehead atoms. The second-order valence-corrected chi connectivity index (χ2v) is 10.3. The molecular weight excluding hydrogens is 284 g/mol. The van der Waals surface area contributed by atoms with Crippen LogP contribution in [0.1, 0.15) is 46.5 Å². The van der Waals surface area contributed by atoms with Crippen molar-refractivity contribution in [1.29, 1.82) is 0 Å². The molecule has 0 aromatic carbocycles. The van der Waals surface area contributed by atoms with Gasteiger partial charge in [0.1, 0.15) is 9.84 Å². The Kier molecular flexibility index (Phi) is 5.37. The fourth-order valence-corrected chi connectivity index (χ4v) is 4.63. The molecule has 0 aromatic rings. The van der Waals surface area contributed by atoms with Crippen molar-refractivity contribution in [2.75, 3.05) is 31.6 Å². The number of hydrogen-bond acceptors (Lipinski definition) is 4. The molecular formula is C16H32N2O2S. The van der Waals surface area contributed by atoms with Gasteiger partial charge in [-0.25, -0.2) is 8.42 Å². The van der Waals surface area contributed by atoms with Gasteiger partial charge in [-0.3, -0.25) is 0 Å². The minimum Gasteiger partial charge on any atom is -0.311 e. The van der Waals surface area contributed by atoms with Crippen LogP contribution in [0.4, 0.5) is 0 Å². The molecule has 1 heterocycles. The van der Waals surface area contributed by atoms with E-state index >= 15 is 0 Å². The van der Waals surface area contributed by atoms with Crippen molar-refractivity contribution in [3.05, 3.63) is 0 Å². The first-order chi connectivity index (χ1) is 9.65. The van der Waals surface area contributed by atoms with E-state index in [1.165, 1.54) is 19.1 Å². The minimum atomic E-state index is -2.83. The largest absolute Gasteiger partial charge is 0.311 e. The average Bonchev–Trinajstić information content (AvgIpc) is 2.60. The molecule has 1 saturated heterocycles. The highest BCUT2D eigenvalue weighted by molar-refractivity contribution is 7.90.